The topological polar surface area (TPSA) is 32.3 Å². The van der Waals surface area contributed by atoms with Gasteiger partial charge in [-0.15, -0.1) is 6.58 Å². The number of hydrogen-bond donors (Lipinski definition) is 1. The van der Waals surface area contributed by atoms with Crippen molar-refractivity contribution < 1.29 is 4.79 Å². The van der Waals surface area contributed by atoms with Crippen LogP contribution in [0.5, 0.6) is 0 Å². The number of nitrogens with one attached hydrogen (secondary N) is 1. The average Bonchev–Trinajstić information content (AvgIpc) is 3.27. The minimum Gasteiger partial charge on any atom is -0.341 e. The Balaban J connectivity index is 1.88. The van der Waals surface area contributed by atoms with Gasteiger partial charge in [0.15, 0.2) is 0 Å². The molecule has 0 aliphatic carbocycles. The molecule has 0 spiro atoms. The normalized spacial score (nSPS) is 16.6. The van der Waals surface area contributed by atoms with Crippen LogP contribution < -0.4 is 10.5 Å². The summed E-state index contributed by atoms with van der Waals surface area (Å²) in [6.07, 6.45) is 4.24. The third kappa shape index (κ3) is 4.62. The largest absolute Gasteiger partial charge is 0.341 e. The number of carbonyl (C=O) groups excluding carboxylic acids is 1. The molecule has 2 aromatic rings. The highest BCUT2D eigenvalue weighted by molar-refractivity contribution is 6.91. The summed E-state index contributed by atoms with van der Waals surface area (Å²) in [7, 11) is -1.95. The Morgan fingerprint density at radius 2 is 1.64 bits per heavy atom. The second-order valence-corrected chi connectivity index (χ2v) is 12.9. The maximum atomic E-state index is 13.5. The fourth-order valence-electron chi connectivity index (χ4n) is 4.23. The number of hydrogen-bond acceptors (Lipinski definition) is 2. The zero-order chi connectivity index (χ0) is 20.0. The van der Waals surface area contributed by atoms with E-state index < -0.39 is 8.07 Å². The maximum Gasteiger partial charge on any atom is 0.240 e. The summed E-state index contributed by atoms with van der Waals surface area (Å²) in [5.41, 5.74) is 1.32. The van der Waals surface area contributed by atoms with E-state index in [9.17, 15) is 4.79 Å². The Morgan fingerprint density at radius 3 is 2.21 bits per heavy atom. The lowest BCUT2D eigenvalue weighted by Crippen LogP contribution is -2.57. The highest BCUT2D eigenvalue weighted by Crippen LogP contribution is 2.29. The van der Waals surface area contributed by atoms with E-state index in [1.165, 1.54) is 10.8 Å². The van der Waals surface area contributed by atoms with E-state index in [-0.39, 0.29) is 17.5 Å². The molecule has 148 valence electrons. The van der Waals surface area contributed by atoms with Gasteiger partial charge in [0.2, 0.25) is 5.91 Å². The van der Waals surface area contributed by atoms with Crippen LogP contribution in [-0.2, 0) is 11.3 Å². The SMILES string of the molecule is C=C[C@H]([C@@H](NCc1ccccc1)C(=O)N1CCCC1)[Si](C)(C)c1ccccc1. The van der Waals surface area contributed by atoms with Crippen molar-refractivity contribution in [1.82, 2.24) is 10.2 Å². The molecule has 3 nitrogen and oxygen atoms in total. The first-order valence-corrected chi connectivity index (χ1v) is 13.4. The molecule has 28 heavy (non-hydrogen) atoms. The molecule has 0 saturated carbocycles. The number of carbonyl (C=O) groups is 1. The summed E-state index contributed by atoms with van der Waals surface area (Å²) in [5.74, 6) is 0.231. The number of amides is 1. The number of benzene rings is 2. The van der Waals surface area contributed by atoms with Crippen molar-refractivity contribution in [1.29, 1.82) is 0 Å². The van der Waals surface area contributed by atoms with E-state index >= 15 is 0 Å². The van der Waals surface area contributed by atoms with Crippen LogP contribution in [0.2, 0.25) is 18.6 Å². The van der Waals surface area contributed by atoms with Crippen molar-refractivity contribution in [3.05, 3.63) is 78.9 Å². The van der Waals surface area contributed by atoms with Crippen molar-refractivity contribution >= 4 is 19.2 Å². The molecule has 4 heteroatoms. The fraction of sp³-hybridized carbons (Fsp3) is 0.375. The van der Waals surface area contributed by atoms with E-state index in [4.69, 9.17) is 0 Å². The van der Waals surface area contributed by atoms with Crippen LogP contribution in [0.1, 0.15) is 18.4 Å². The van der Waals surface area contributed by atoms with Gasteiger partial charge in [0, 0.05) is 25.2 Å². The predicted octanol–water partition coefficient (Wildman–Crippen LogP) is 3.94. The molecule has 1 saturated heterocycles. The van der Waals surface area contributed by atoms with E-state index in [1.54, 1.807) is 0 Å². The number of rotatable bonds is 8. The molecule has 0 unspecified atom stereocenters. The molecule has 0 bridgehead atoms. The predicted molar refractivity (Wildman–Crippen MR) is 120 cm³/mol. The van der Waals surface area contributed by atoms with Crippen molar-refractivity contribution in [2.45, 2.75) is 44.1 Å². The van der Waals surface area contributed by atoms with Gasteiger partial charge in [0.05, 0.1) is 14.1 Å². The smallest absolute Gasteiger partial charge is 0.240 e. The lowest BCUT2D eigenvalue weighted by atomic mass is 10.1. The Bertz CT molecular complexity index is 770. The van der Waals surface area contributed by atoms with Crippen LogP contribution >= 0.6 is 0 Å². The summed E-state index contributed by atoms with van der Waals surface area (Å²) in [4.78, 5) is 15.5. The monoisotopic (exact) mass is 392 g/mol. The first-order valence-electron chi connectivity index (χ1n) is 10.3. The van der Waals surface area contributed by atoms with E-state index in [1.807, 2.05) is 29.2 Å². The molecule has 1 N–H and O–H groups in total. The average molecular weight is 393 g/mol. The van der Waals surface area contributed by atoms with Crippen LogP contribution in [0.4, 0.5) is 0 Å². The second-order valence-electron chi connectivity index (χ2n) is 8.23. The van der Waals surface area contributed by atoms with Crippen LogP contribution in [0.15, 0.2) is 73.3 Å². The molecule has 0 aromatic heterocycles. The van der Waals surface area contributed by atoms with Crippen molar-refractivity contribution in [3.8, 4) is 0 Å². The molecule has 3 rings (SSSR count). The molecule has 2 aromatic carbocycles. The Kier molecular flexibility index (Phi) is 6.86. The van der Waals surface area contributed by atoms with Crippen LogP contribution in [0.3, 0.4) is 0 Å². The molecule has 2 atom stereocenters. The van der Waals surface area contributed by atoms with Crippen LogP contribution in [0, 0.1) is 0 Å². The zero-order valence-electron chi connectivity index (χ0n) is 17.1. The van der Waals surface area contributed by atoms with Gasteiger partial charge in [-0.3, -0.25) is 4.79 Å². The molecular weight excluding hydrogens is 360 g/mol. The van der Waals surface area contributed by atoms with Gasteiger partial charge in [-0.2, -0.15) is 0 Å². The molecule has 1 aliphatic heterocycles. The Morgan fingerprint density at radius 1 is 1.07 bits per heavy atom. The van der Waals surface area contributed by atoms with Crippen molar-refractivity contribution in [2.75, 3.05) is 13.1 Å². The van der Waals surface area contributed by atoms with Gasteiger partial charge in [0.25, 0.3) is 0 Å². The summed E-state index contributed by atoms with van der Waals surface area (Å²) in [5, 5.41) is 4.97. The minimum absolute atomic E-state index is 0.117. The highest BCUT2D eigenvalue weighted by Gasteiger charge is 2.41. The summed E-state index contributed by atoms with van der Waals surface area (Å²) in [6.45, 7) is 11.3. The maximum absolute atomic E-state index is 13.5. The van der Waals surface area contributed by atoms with E-state index in [0.29, 0.717) is 6.54 Å². The van der Waals surface area contributed by atoms with Gasteiger partial charge >= 0.3 is 0 Å². The molecule has 0 radical (unpaired) electrons. The third-order valence-electron chi connectivity index (χ3n) is 6.02. The third-order valence-corrected chi connectivity index (χ3v) is 10.1. The minimum atomic E-state index is -1.95. The lowest BCUT2D eigenvalue weighted by molar-refractivity contribution is -0.132. The quantitative estimate of drug-likeness (QED) is 0.545. The summed E-state index contributed by atoms with van der Waals surface area (Å²) in [6, 6.07) is 20.7. The molecule has 1 amide bonds. The zero-order valence-corrected chi connectivity index (χ0v) is 18.1. The Labute approximate surface area is 170 Å². The van der Waals surface area contributed by atoms with Gasteiger partial charge in [-0.05, 0) is 18.4 Å². The Hall–Kier alpha value is -2.17. The standard InChI is InChI=1S/C24H32N2OSi/c1-4-22(28(2,3)21-15-9-6-10-16-21)23(24(27)26-17-11-12-18-26)25-19-20-13-7-5-8-14-20/h4-10,13-16,22-23,25H,1,11-12,17-19H2,2-3H3/t22-,23-/m1/s1. The fourth-order valence-corrected chi connectivity index (χ4v) is 7.35. The first kappa shape index (κ1) is 20.6. The van der Waals surface area contributed by atoms with Gasteiger partial charge in [-0.1, -0.05) is 85.0 Å². The molecular formula is C24H32N2OSi. The van der Waals surface area contributed by atoms with Crippen molar-refractivity contribution in [3.63, 3.8) is 0 Å². The van der Waals surface area contributed by atoms with Crippen LogP contribution in [-0.4, -0.2) is 38.0 Å². The summed E-state index contributed by atoms with van der Waals surface area (Å²) < 4.78 is 0. The molecule has 1 fully saturated rings. The van der Waals surface area contributed by atoms with E-state index in [0.717, 1.165) is 25.9 Å². The van der Waals surface area contributed by atoms with Crippen LogP contribution in [0.25, 0.3) is 0 Å². The number of likely N-dealkylation sites (tertiary alicyclic amines) is 1. The van der Waals surface area contributed by atoms with Crippen molar-refractivity contribution in [2.24, 2.45) is 0 Å². The van der Waals surface area contributed by atoms with Gasteiger partial charge < -0.3 is 10.2 Å². The summed E-state index contributed by atoms with van der Waals surface area (Å²) >= 11 is 0. The van der Waals surface area contributed by atoms with Gasteiger partial charge in [-0.25, -0.2) is 0 Å². The van der Waals surface area contributed by atoms with Gasteiger partial charge in [0.1, 0.15) is 0 Å². The van der Waals surface area contributed by atoms with E-state index in [2.05, 4.69) is 67.5 Å². The molecule has 1 heterocycles. The second kappa shape index (κ2) is 9.35. The lowest BCUT2D eigenvalue weighted by Gasteiger charge is -2.38. The highest BCUT2D eigenvalue weighted by atomic mass is 28.3. The number of nitrogens with zero attached hydrogens (tertiary/aromatic N) is 1. The molecule has 1 aliphatic rings. The first-order chi connectivity index (χ1) is 13.5.